The Balaban J connectivity index is 1.32. The summed E-state index contributed by atoms with van der Waals surface area (Å²) in [7, 11) is 6.13. The first kappa shape index (κ1) is 22.0. The number of nitrogens with zero attached hydrogens (tertiary/aromatic N) is 4. The first-order valence-electron chi connectivity index (χ1n) is 11.1. The van der Waals surface area contributed by atoms with Crippen molar-refractivity contribution in [2.45, 2.75) is 26.0 Å². The zero-order chi connectivity index (χ0) is 22.8. The topological polar surface area (TPSA) is 78.8 Å². The molecule has 2 radical (unpaired) electrons. The van der Waals surface area contributed by atoms with Crippen LogP contribution in [0.2, 0.25) is 5.02 Å². The number of hydrogen-bond acceptors (Lipinski definition) is 6. The van der Waals surface area contributed by atoms with Gasteiger partial charge in [0.05, 0.1) is 12.2 Å². The van der Waals surface area contributed by atoms with E-state index >= 15 is 0 Å². The van der Waals surface area contributed by atoms with Crippen molar-refractivity contribution in [3.05, 3.63) is 65.2 Å². The lowest BCUT2D eigenvalue weighted by Crippen LogP contribution is -2.37. The minimum absolute atomic E-state index is 0.0684. The van der Waals surface area contributed by atoms with Gasteiger partial charge in [-0.3, -0.25) is 4.90 Å². The molecule has 1 atom stereocenters. The minimum atomic E-state index is -0.0684. The lowest BCUT2D eigenvalue weighted by atomic mass is 9.98. The van der Waals surface area contributed by atoms with E-state index in [9.17, 15) is 5.11 Å². The van der Waals surface area contributed by atoms with E-state index in [2.05, 4.69) is 15.3 Å². The van der Waals surface area contributed by atoms with E-state index in [-0.39, 0.29) is 6.61 Å². The fraction of sp³-hybridized carbons (Fsp3) is 0.333. The highest BCUT2D eigenvalue weighted by Gasteiger charge is 2.21. The third-order valence-electron chi connectivity index (χ3n) is 6.08. The SMILES string of the molecule is [B]c1cnn2c(NCC3CCCN(Cc4ccc(CO)o4)C3)cc(-c3ccccc3Cl)nc12. The number of aliphatic hydroxyl groups excluding tert-OH is 1. The quantitative estimate of drug-likeness (QED) is 0.411. The van der Waals surface area contributed by atoms with Crippen molar-refractivity contribution in [3.63, 3.8) is 0 Å². The standard InChI is InChI=1S/C24H25BClN5O2/c25-20-12-28-31-23(10-22(29-24(20)31)19-5-1-2-6-21(19)26)27-11-16-4-3-9-30(13-16)14-17-7-8-18(15-32)33-17/h1-2,5-8,10,12,16,27,32H,3-4,9,11,13-15H2. The number of nitrogens with one attached hydrogen (secondary N) is 1. The average Bonchev–Trinajstić information content (AvgIpc) is 3.44. The molecule has 7 nitrogen and oxygen atoms in total. The van der Waals surface area contributed by atoms with Gasteiger partial charge < -0.3 is 14.8 Å². The van der Waals surface area contributed by atoms with Crippen LogP contribution in [0.25, 0.3) is 16.9 Å². The zero-order valence-corrected chi connectivity index (χ0v) is 19.0. The summed E-state index contributed by atoms with van der Waals surface area (Å²) >= 11 is 6.43. The number of aromatic nitrogens is 3. The predicted octanol–water partition coefficient (Wildman–Crippen LogP) is 3.25. The van der Waals surface area contributed by atoms with Crippen LogP contribution in [-0.2, 0) is 13.2 Å². The summed E-state index contributed by atoms with van der Waals surface area (Å²) in [5.41, 5.74) is 2.75. The number of furan rings is 1. The maximum atomic E-state index is 9.22. The monoisotopic (exact) mass is 461 g/mol. The maximum Gasteiger partial charge on any atom is 0.150 e. The largest absolute Gasteiger partial charge is 0.462 e. The summed E-state index contributed by atoms with van der Waals surface area (Å²) in [4.78, 5) is 7.11. The molecule has 33 heavy (non-hydrogen) atoms. The Morgan fingerprint density at radius 2 is 2.06 bits per heavy atom. The molecule has 9 heteroatoms. The Hall–Kier alpha value is -2.81. The van der Waals surface area contributed by atoms with Gasteiger partial charge in [-0.25, -0.2) is 4.98 Å². The van der Waals surface area contributed by atoms with Crippen molar-refractivity contribution in [2.75, 3.05) is 25.0 Å². The Morgan fingerprint density at radius 1 is 1.21 bits per heavy atom. The van der Waals surface area contributed by atoms with Crippen LogP contribution in [0.4, 0.5) is 5.82 Å². The van der Waals surface area contributed by atoms with Gasteiger partial charge in [-0.05, 0) is 49.0 Å². The molecule has 0 amide bonds. The van der Waals surface area contributed by atoms with Crippen molar-refractivity contribution in [2.24, 2.45) is 5.92 Å². The normalized spacial score (nSPS) is 17.0. The van der Waals surface area contributed by atoms with Crippen LogP contribution in [-0.4, -0.2) is 52.1 Å². The van der Waals surface area contributed by atoms with Crippen molar-refractivity contribution < 1.29 is 9.52 Å². The Kier molecular flexibility index (Phi) is 6.40. The smallest absolute Gasteiger partial charge is 0.150 e. The molecule has 3 aromatic heterocycles. The van der Waals surface area contributed by atoms with Gasteiger partial charge in [-0.2, -0.15) is 9.61 Å². The maximum absolute atomic E-state index is 9.22. The number of fused-ring (bicyclic) bond motifs is 1. The van der Waals surface area contributed by atoms with E-state index < -0.39 is 0 Å². The third kappa shape index (κ3) is 4.78. The highest BCUT2D eigenvalue weighted by Crippen LogP contribution is 2.28. The summed E-state index contributed by atoms with van der Waals surface area (Å²) in [6.45, 7) is 3.49. The molecule has 4 heterocycles. The molecular formula is C24H25BClN5O2. The first-order valence-corrected chi connectivity index (χ1v) is 11.5. The molecule has 1 unspecified atom stereocenters. The van der Waals surface area contributed by atoms with Gasteiger partial charge in [-0.1, -0.05) is 29.8 Å². The Labute approximate surface area is 198 Å². The number of piperidine rings is 1. The van der Waals surface area contributed by atoms with Gasteiger partial charge in [0.2, 0.25) is 0 Å². The minimum Gasteiger partial charge on any atom is -0.462 e. The highest BCUT2D eigenvalue weighted by molar-refractivity contribution is 6.36. The van der Waals surface area contributed by atoms with Crippen LogP contribution in [0.1, 0.15) is 24.4 Å². The van der Waals surface area contributed by atoms with Crippen LogP contribution in [0.5, 0.6) is 0 Å². The fourth-order valence-corrected chi connectivity index (χ4v) is 4.67. The van der Waals surface area contributed by atoms with Crippen molar-refractivity contribution in [1.29, 1.82) is 0 Å². The molecule has 4 aromatic rings. The van der Waals surface area contributed by atoms with E-state index in [0.717, 1.165) is 61.9 Å². The number of halogens is 1. The molecule has 0 spiro atoms. The van der Waals surface area contributed by atoms with Crippen molar-refractivity contribution >= 4 is 36.4 Å². The molecule has 0 bridgehead atoms. The molecule has 5 rings (SSSR count). The summed E-state index contributed by atoms with van der Waals surface area (Å²) in [6.07, 6.45) is 3.90. The molecule has 168 valence electrons. The molecule has 1 aromatic carbocycles. The lowest BCUT2D eigenvalue weighted by molar-refractivity contribution is 0.158. The van der Waals surface area contributed by atoms with Crippen LogP contribution >= 0.6 is 11.6 Å². The first-order chi connectivity index (χ1) is 16.1. The number of likely N-dealkylation sites (tertiary alicyclic amines) is 1. The summed E-state index contributed by atoms with van der Waals surface area (Å²) in [5, 5.41) is 17.8. The second kappa shape index (κ2) is 9.59. The molecular weight excluding hydrogens is 437 g/mol. The Morgan fingerprint density at radius 3 is 2.88 bits per heavy atom. The zero-order valence-electron chi connectivity index (χ0n) is 18.2. The van der Waals surface area contributed by atoms with Gasteiger partial charge in [0, 0.05) is 35.9 Å². The number of aliphatic hydroxyl groups is 1. The molecule has 1 saturated heterocycles. The van der Waals surface area contributed by atoms with E-state index in [1.165, 1.54) is 0 Å². The summed E-state index contributed by atoms with van der Waals surface area (Å²) in [6, 6.07) is 13.4. The van der Waals surface area contributed by atoms with Crippen LogP contribution in [0.15, 0.2) is 53.1 Å². The number of benzene rings is 1. The lowest BCUT2D eigenvalue weighted by Gasteiger charge is -2.32. The van der Waals surface area contributed by atoms with Gasteiger partial charge in [0.15, 0.2) is 5.65 Å². The number of anilines is 1. The van der Waals surface area contributed by atoms with Gasteiger partial charge in [0.1, 0.15) is 31.8 Å². The molecule has 0 aliphatic carbocycles. The van der Waals surface area contributed by atoms with E-state index in [0.29, 0.717) is 27.8 Å². The Bertz CT molecular complexity index is 1260. The number of hydrogen-bond donors (Lipinski definition) is 2. The molecule has 2 N–H and O–H groups in total. The van der Waals surface area contributed by atoms with Gasteiger partial charge in [0.25, 0.3) is 0 Å². The van der Waals surface area contributed by atoms with Crippen molar-refractivity contribution in [3.8, 4) is 11.3 Å². The molecule has 0 saturated carbocycles. The van der Waals surface area contributed by atoms with Gasteiger partial charge in [-0.15, -0.1) is 0 Å². The molecule has 1 aliphatic heterocycles. The second-order valence-electron chi connectivity index (χ2n) is 8.49. The fourth-order valence-electron chi connectivity index (χ4n) is 4.44. The molecule has 1 aliphatic rings. The van der Waals surface area contributed by atoms with Crippen LogP contribution in [0, 0.1) is 5.92 Å². The number of rotatable bonds is 7. The van der Waals surface area contributed by atoms with Gasteiger partial charge >= 0.3 is 0 Å². The van der Waals surface area contributed by atoms with Crippen molar-refractivity contribution in [1.82, 2.24) is 19.5 Å². The summed E-state index contributed by atoms with van der Waals surface area (Å²) < 4.78 is 7.41. The van der Waals surface area contributed by atoms with Crippen LogP contribution in [0.3, 0.4) is 0 Å². The molecule has 1 fully saturated rings. The predicted molar refractivity (Wildman–Crippen MR) is 130 cm³/mol. The van der Waals surface area contributed by atoms with E-state index in [1.54, 1.807) is 10.7 Å². The highest BCUT2D eigenvalue weighted by atomic mass is 35.5. The second-order valence-corrected chi connectivity index (χ2v) is 8.90. The average molecular weight is 462 g/mol. The van der Waals surface area contributed by atoms with E-state index in [1.807, 2.05) is 42.5 Å². The van der Waals surface area contributed by atoms with Crippen LogP contribution < -0.4 is 10.8 Å². The third-order valence-corrected chi connectivity index (χ3v) is 6.41. The van der Waals surface area contributed by atoms with E-state index in [4.69, 9.17) is 28.8 Å². The summed E-state index contributed by atoms with van der Waals surface area (Å²) in [5.74, 6) is 2.81.